The highest BCUT2D eigenvalue weighted by Crippen LogP contribution is 2.39. The molecule has 2 aromatic carbocycles. The summed E-state index contributed by atoms with van der Waals surface area (Å²) in [6, 6.07) is 13.4. The van der Waals surface area contributed by atoms with Gasteiger partial charge < -0.3 is 4.74 Å². The van der Waals surface area contributed by atoms with Gasteiger partial charge in [-0.05, 0) is 31.2 Å². The van der Waals surface area contributed by atoms with Gasteiger partial charge >= 0.3 is 0 Å². The van der Waals surface area contributed by atoms with Gasteiger partial charge in [-0.25, -0.2) is 0 Å². The van der Waals surface area contributed by atoms with Crippen LogP contribution in [0.1, 0.15) is 44.4 Å². The van der Waals surface area contributed by atoms with Gasteiger partial charge in [-0.2, -0.15) is 0 Å². The summed E-state index contributed by atoms with van der Waals surface area (Å²) < 4.78 is 5.06. The molecule has 0 aromatic heterocycles. The van der Waals surface area contributed by atoms with Crippen LogP contribution in [0.25, 0.3) is 0 Å². The second-order valence-electron chi connectivity index (χ2n) is 5.86. The largest absolute Gasteiger partial charge is 0.497 e. The Bertz CT molecular complexity index is 767. The van der Waals surface area contributed by atoms with Gasteiger partial charge in [-0.1, -0.05) is 24.3 Å². The first-order chi connectivity index (χ1) is 11.0. The Labute approximate surface area is 134 Å². The number of ketones is 3. The highest BCUT2D eigenvalue weighted by Gasteiger charge is 2.50. The molecule has 1 aliphatic carbocycles. The topological polar surface area (TPSA) is 60.4 Å². The Balaban J connectivity index is 1.88. The number of fused-ring (bicyclic) bond motifs is 1. The smallest absolute Gasteiger partial charge is 0.177 e. The van der Waals surface area contributed by atoms with Crippen LogP contribution >= 0.6 is 0 Å². The van der Waals surface area contributed by atoms with E-state index in [9.17, 15) is 14.4 Å². The van der Waals surface area contributed by atoms with Crippen molar-refractivity contribution in [3.63, 3.8) is 0 Å². The van der Waals surface area contributed by atoms with E-state index in [1.165, 1.54) is 0 Å². The van der Waals surface area contributed by atoms with Gasteiger partial charge in [0.15, 0.2) is 17.3 Å². The molecule has 0 bridgehead atoms. The summed E-state index contributed by atoms with van der Waals surface area (Å²) in [5, 5.41) is 0. The molecule has 23 heavy (non-hydrogen) atoms. The molecule has 0 atom stereocenters. The Kier molecular flexibility index (Phi) is 3.60. The van der Waals surface area contributed by atoms with Crippen molar-refractivity contribution in [3.8, 4) is 5.75 Å². The molecule has 0 fully saturated rings. The molecule has 0 spiro atoms. The average molecular weight is 308 g/mol. The Morgan fingerprint density at radius 3 is 1.96 bits per heavy atom. The van der Waals surface area contributed by atoms with Crippen LogP contribution in [0, 0.1) is 5.41 Å². The maximum absolute atomic E-state index is 12.6. The van der Waals surface area contributed by atoms with Gasteiger partial charge in [-0.3, -0.25) is 14.4 Å². The first-order valence-corrected chi connectivity index (χ1v) is 7.33. The van der Waals surface area contributed by atoms with E-state index in [2.05, 4.69) is 0 Å². The molecule has 0 aliphatic heterocycles. The molecule has 0 heterocycles. The van der Waals surface area contributed by atoms with Crippen LogP contribution < -0.4 is 4.74 Å². The van der Waals surface area contributed by atoms with Crippen molar-refractivity contribution in [2.75, 3.05) is 7.11 Å². The summed E-state index contributed by atoms with van der Waals surface area (Å²) in [5.74, 6) is -0.141. The van der Waals surface area contributed by atoms with Crippen molar-refractivity contribution in [2.45, 2.75) is 13.3 Å². The zero-order valence-corrected chi connectivity index (χ0v) is 13.0. The molecule has 0 unspecified atom stereocenters. The lowest BCUT2D eigenvalue weighted by Gasteiger charge is -2.19. The van der Waals surface area contributed by atoms with Crippen molar-refractivity contribution < 1.29 is 19.1 Å². The number of benzene rings is 2. The molecule has 0 saturated heterocycles. The number of hydrogen-bond donors (Lipinski definition) is 0. The van der Waals surface area contributed by atoms with Crippen molar-refractivity contribution >= 4 is 17.3 Å². The van der Waals surface area contributed by atoms with Crippen molar-refractivity contribution in [1.29, 1.82) is 0 Å². The van der Waals surface area contributed by atoms with Gasteiger partial charge in [0.05, 0.1) is 7.11 Å². The SMILES string of the molecule is COc1ccc(C(=O)CC2(C)C(=O)c3ccccc3C2=O)cc1. The van der Waals surface area contributed by atoms with Crippen LogP contribution in [-0.2, 0) is 0 Å². The first-order valence-electron chi connectivity index (χ1n) is 7.33. The zero-order valence-electron chi connectivity index (χ0n) is 13.0. The maximum Gasteiger partial charge on any atom is 0.177 e. The minimum absolute atomic E-state index is 0.133. The molecular formula is C19H16O4. The van der Waals surface area contributed by atoms with Gasteiger partial charge in [0.2, 0.25) is 0 Å². The fourth-order valence-electron chi connectivity index (χ4n) is 2.94. The third kappa shape index (κ3) is 2.36. The van der Waals surface area contributed by atoms with Crippen LogP contribution in [0.4, 0.5) is 0 Å². The van der Waals surface area contributed by atoms with Gasteiger partial charge in [-0.15, -0.1) is 0 Å². The number of hydrogen-bond acceptors (Lipinski definition) is 4. The maximum atomic E-state index is 12.6. The lowest BCUT2D eigenvalue weighted by Crippen LogP contribution is -2.32. The fraction of sp³-hybridized carbons (Fsp3) is 0.211. The van der Waals surface area contributed by atoms with E-state index in [1.807, 2.05) is 0 Å². The van der Waals surface area contributed by atoms with E-state index >= 15 is 0 Å². The third-order valence-electron chi connectivity index (χ3n) is 4.34. The number of rotatable bonds is 4. The zero-order chi connectivity index (χ0) is 16.6. The van der Waals surface area contributed by atoms with E-state index in [4.69, 9.17) is 4.74 Å². The Morgan fingerprint density at radius 1 is 0.957 bits per heavy atom. The first kappa shape index (κ1) is 15.2. The summed E-state index contributed by atoms with van der Waals surface area (Å²) >= 11 is 0. The highest BCUT2D eigenvalue weighted by molar-refractivity contribution is 6.30. The number of ether oxygens (including phenoxy) is 1. The minimum atomic E-state index is -1.32. The van der Waals surface area contributed by atoms with Gasteiger partial charge in [0.1, 0.15) is 11.2 Å². The van der Waals surface area contributed by atoms with Crippen LogP contribution in [0.15, 0.2) is 48.5 Å². The van der Waals surface area contributed by atoms with Crippen LogP contribution in [0.2, 0.25) is 0 Å². The van der Waals surface area contributed by atoms with Crippen molar-refractivity contribution in [1.82, 2.24) is 0 Å². The number of carbonyl (C=O) groups is 3. The lowest BCUT2D eigenvalue weighted by atomic mass is 9.79. The minimum Gasteiger partial charge on any atom is -0.497 e. The van der Waals surface area contributed by atoms with Crippen LogP contribution in [0.5, 0.6) is 5.75 Å². The summed E-state index contributed by atoms with van der Waals surface area (Å²) in [4.78, 5) is 37.7. The van der Waals surface area contributed by atoms with Crippen LogP contribution in [-0.4, -0.2) is 24.5 Å². The van der Waals surface area contributed by atoms with Gasteiger partial charge in [0.25, 0.3) is 0 Å². The van der Waals surface area contributed by atoms with E-state index in [0.29, 0.717) is 22.4 Å². The lowest BCUT2D eigenvalue weighted by molar-refractivity contribution is 0.0669. The molecule has 116 valence electrons. The summed E-state index contributed by atoms with van der Waals surface area (Å²) in [5.41, 5.74) is -0.0469. The van der Waals surface area contributed by atoms with E-state index in [1.54, 1.807) is 62.6 Å². The average Bonchev–Trinajstić information content (AvgIpc) is 2.77. The quantitative estimate of drug-likeness (QED) is 0.642. The molecule has 2 aromatic rings. The third-order valence-corrected chi connectivity index (χ3v) is 4.34. The normalized spacial score (nSPS) is 15.4. The molecule has 0 N–H and O–H groups in total. The van der Waals surface area contributed by atoms with Crippen LogP contribution in [0.3, 0.4) is 0 Å². The second-order valence-corrected chi connectivity index (χ2v) is 5.86. The summed E-state index contributed by atoms with van der Waals surface area (Å²) in [7, 11) is 1.55. The van der Waals surface area contributed by atoms with Crippen molar-refractivity contribution in [3.05, 3.63) is 65.2 Å². The number of methoxy groups -OCH3 is 1. The highest BCUT2D eigenvalue weighted by atomic mass is 16.5. The predicted octanol–water partition coefficient (Wildman–Crippen LogP) is 3.35. The Morgan fingerprint density at radius 2 is 1.48 bits per heavy atom. The van der Waals surface area contributed by atoms with Crippen molar-refractivity contribution in [2.24, 2.45) is 5.41 Å². The number of carbonyl (C=O) groups excluding carboxylic acids is 3. The monoisotopic (exact) mass is 308 g/mol. The fourth-order valence-corrected chi connectivity index (χ4v) is 2.94. The second kappa shape index (κ2) is 5.47. The molecule has 0 radical (unpaired) electrons. The molecule has 3 rings (SSSR count). The van der Waals surface area contributed by atoms with E-state index < -0.39 is 5.41 Å². The van der Waals surface area contributed by atoms with E-state index in [-0.39, 0.29) is 23.8 Å². The predicted molar refractivity (Wildman–Crippen MR) is 85.2 cm³/mol. The molecule has 4 heteroatoms. The molecular weight excluding hydrogens is 292 g/mol. The molecule has 0 amide bonds. The van der Waals surface area contributed by atoms with E-state index in [0.717, 1.165) is 0 Å². The summed E-state index contributed by atoms with van der Waals surface area (Å²) in [6.45, 7) is 1.55. The molecule has 4 nitrogen and oxygen atoms in total. The van der Waals surface area contributed by atoms with Gasteiger partial charge in [0, 0.05) is 23.1 Å². The molecule has 1 aliphatic rings. The summed E-state index contributed by atoms with van der Waals surface area (Å²) in [6.07, 6.45) is -0.133. The molecule has 0 saturated carbocycles. The number of Topliss-reactive ketones (excluding diaryl/α,β-unsaturated/α-hetero) is 3. The standard InChI is InChI=1S/C19H16O4/c1-19(11-16(20)12-7-9-13(23-2)10-8-12)17(21)14-5-3-4-6-15(14)18(19)22/h3-10H,11H2,1-2H3. The Hall–Kier alpha value is -2.75.